The van der Waals surface area contributed by atoms with E-state index in [0.717, 1.165) is 10.9 Å². The Labute approximate surface area is 121 Å². The standard InChI is InChI=1S/C14H15N5O2/c1-8(2)21-14-11-10(4-3-9(5-15)12(16)20)6-17-13(11)18-7-19-14/h3,6-8H,4H2,1-2H3,(H2,16,20)(H,17,18,19). The lowest BCUT2D eigenvalue weighted by Gasteiger charge is -2.09. The first-order valence-electron chi connectivity index (χ1n) is 6.40. The van der Waals surface area contributed by atoms with Crippen molar-refractivity contribution in [2.45, 2.75) is 26.4 Å². The Bertz CT molecular complexity index is 739. The number of nitrogens with zero attached hydrogens (tertiary/aromatic N) is 3. The summed E-state index contributed by atoms with van der Waals surface area (Å²) in [6, 6.07) is 1.77. The molecule has 21 heavy (non-hydrogen) atoms. The summed E-state index contributed by atoms with van der Waals surface area (Å²) in [6.45, 7) is 3.81. The molecule has 0 fully saturated rings. The molecular formula is C14H15N5O2. The van der Waals surface area contributed by atoms with Gasteiger partial charge in [0.05, 0.1) is 11.5 Å². The molecule has 0 saturated carbocycles. The lowest BCUT2D eigenvalue weighted by Crippen LogP contribution is -2.12. The number of amides is 1. The number of aromatic nitrogens is 3. The maximum atomic E-state index is 11.0. The molecule has 1 amide bonds. The average Bonchev–Trinajstić information content (AvgIpc) is 2.83. The third kappa shape index (κ3) is 3.17. The Kier molecular flexibility index (Phi) is 4.18. The first-order chi connectivity index (χ1) is 10.0. The molecule has 0 aliphatic rings. The number of rotatable bonds is 5. The number of fused-ring (bicyclic) bond motifs is 1. The lowest BCUT2D eigenvalue weighted by molar-refractivity contribution is -0.114. The molecule has 2 aromatic rings. The van der Waals surface area contributed by atoms with Gasteiger partial charge in [0.25, 0.3) is 5.91 Å². The Morgan fingerprint density at radius 2 is 2.33 bits per heavy atom. The zero-order chi connectivity index (χ0) is 15.4. The highest BCUT2D eigenvalue weighted by Crippen LogP contribution is 2.26. The largest absolute Gasteiger partial charge is 0.474 e. The molecule has 0 aromatic carbocycles. The first kappa shape index (κ1) is 14.5. The van der Waals surface area contributed by atoms with E-state index in [1.165, 1.54) is 12.4 Å². The molecule has 2 heterocycles. The van der Waals surface area contributed by atoms with Crippen LogP contribution in [0.3, 0.4) is 0 Å². The number of hydrogen-bond donors (Lipinski definition) is 2. The van der Waals surface area contributed by atoms with Crippen LogP contribution in [0, 0.1) is 11.3 Å². The molecule has 0 aliphatic heterocycles. The quantitative estimate of drug-likeness (QED) is 0.632. The monoisotopic (exact) mass is 285 g/mol. The van der Waals surface area contributed by atoms with Gasteiger partial charge in [0.15, 0.2) is 0 Å². The Morgan fingerprint density at radius 1 is 1.57 bits per heavy atom. The number of carbonyl (C=O) groups excluding carboxylic acids is 1. The summed E-state index contributed by atoms with van der Waals surface area (Å²) in [7, 11) is 0. The molecular weight excluding hydrogens is 270 g/mol. The molecule has 0 aliphatic carbocycles. The zero-order valence-corrected chi connectivity index (χ0v) is 11.8. The summed E-state index contributed by atoms with van der Waals surface area (Å²) >= 11 is 0. The molecule has 0 atom stereocenters. The smallest absolute Gasteiger partial charge is 0.259 e. The van der Waals surface area contributed by atoms with Crippen LogP contribution in [0.5, 0.6) is 5.88 Å². The van der Waals surface area contributed by atoms with Crippen LogP contribution in [0.25, 0.3) is 11.0 Å². The minimum Gasteiger partial charge on any atom is -0.474 e. The fraction of sp³-hybridized carbons (Fsp3) is 0.286. The van der Waals surface area contributed by atoms with Gasteiger partial charge in [-0.2, -0.15) is 5.26 Å². The second-order valence-electron chi connectivity index (χ2n) is 4.68. The van der Waals surface area contributed by atoms with Gasteiger partial charge in [-0.1, -0.05) is 6.08 Å². The predicted octanol–water partition coefficient (Wildman–Crippen LogP) is 1.22. The van der Waals surface area contributed by atoms with Crippen molar-refractivity contribution in [3.63, 3.8) is 0 Å². The number of nitrogens with two attached hydrogens (primary N) is 1. The predicted molar refractivity (Wildman–Crippen MR) is 76.2 cm³/mol. The van der Waals surface area contributed by atoms with Gasteiger partial charge < -0.3 is 15.5 Å². The minimum absolute atomic E-state index is 0.0262. The third-order valence-electron chi connectivity index (χ3n) is 2.78. The number of primary amides is 1. The highest BCUT2D eigenvalue weighted by molar-refractivity contribution is 5.96. The maximum Gasteiger partial charge on any atom is 0.259 e. The number of aromatic amines is 1. The molecule has 7 heteroatoms. The molecule has 0 radical (unpaired) electrons. The highest BCUT2D eigenvalue weighted by atomic mass is 16.5. The van der Waals surface area contributed by atoms with Gasteiger partial charge in [-0.25, -0.2) is 9.97 Å². The number of ether oxygens (including phenoxy) is 1. The van der Waals surface area contributed by atoms with E-state index in [1.54, 1.807) is 12.3 Å². The molecule has 0 bridgehead atoms. The van der Waals surface area contributed by atoms with Crippen LogP contribution < -0.4 is 10.5 Å². The van der Waals surface area contributed by atoms with E-state index in [2.05, 4.69) is 15.0 Å². The summed E-state index contributed by atoms with van der Waals surface area (Å²) in [5, 5.41) is 9.58. The van der Waals surface area contributed by atoms with E-state index < -0.39 is 5.91 Å². The summed E-state index contributed by atoms with van der Waals surface area (Å²) in [5.41, 5.74) is 6.50. The summed E-state index contributed by atoms with van der Waals surface area (Å²) < 4.78 is 5.66. The molecule has 2 aromatic heterocycles. The van der Waals surface area contributed by atoms with Crippen molar-refractivity contribution in [2.24, 2.45) is 5.73 Å². The summed E-state index contributed by atoms with van der Waals surface area (Å²) in [5.74, 6) is -0.274. The second kappa shape index (κ2) is 6.05. The third-order valence-corrected chi connectivity index (χ3v) is 2.78. The van der Waals surface area contributed by atoms with Crippen LogP contribution in [-0.4, -0.2) is 27.0 Å². The number of allylic oxidation sites excluding steroid dienone is 1. The van der Waals surface area contributed by atoms with Crippen LogP contribution in [-0.2, 0) is 11.2 Å². The van der Waals surface area contributed by atoms with E-state index in [0.29, 0.717) is 17.9 Å². The number of H-pyrrole nitrogens is 1. The Morgan fingerprint density at radius 3 is 2.95 bits per heavy atom. The van der Waals surface area contributed by atoms with Gasteiger partial charge >= 0.3 is 0 Å². The summed E-state index contributed by atoms with van der Waals surface area (Å²) in [4.78, 5) is 22.3. The lowest BCUT2D eigenvalue weighted by atomic mass is 10.1. The van der Waals surface area contributed by atoms with Crippen LogP contribution in [0.15, 0.2) is 24.2 Å². The molecule has 7 nitrogen and oxygen atoms in total. The Hall–Kier alpha value is -2.88. The molecule has 2 rings (SSSR count). The zero-order valence-electron chi connectivity index (χ0n) is 11.8. The van der Waals surface area contributed by atoms with Crippen LogP contribution >= 0.6 is 0 Å². The highest BCUT2D eigenvalue weighted by Gasteiger charge is 2.13. The molecule has 3 N–H and O–H groups in total. The van der Waals surface area contributed by atoms with Crippen LogP contribution in [0.1, 0.15) is 19.4 Å². The van der Waals surface area contributed by atoms with E-state index in [-0.39, 0.29) is 11.7 Å². The molecule has 0 unspecified atom stereocenters. The van der Waals surface area contributed by atoms with Crippen molar-refractivity contribution < 1.29 is 9.53 Å². The number of nitrogens with one attached hydrogen (secondary N) is 1. The van der Waals surface area contributed by atoms with Crippen molar-refractivity contribution in [1.29, 1.82) is 5.26 Å². The van der Waals surface area contributed by atoms with Crippen molar-refractivity contribution in [3.8, 4) is 11.9 Å². The fourth-order valence-electron chi connectivity index (χ4n) is 1.88. The topological polar surface area (TPSA) is 118 Å². The van der Waals surface area contributed by atoms with Crippen molar-refractivity contribution >= 4 is 16.9 Å². The summed E-state index contributed by atoms with van der Waals surface area (Å²) in [6.07, 6.45) is 4.98. The van der Waals surface area contributed by atoms with Crippen LogP contribution in [0.2, 0.25) is 0 Å². The van der Waals surface area contributed by atoms with Crippen LogP contribution in [0.4, 0.5) is 0 Å². The number of carbonyl (C=O) groups is 1. The minimum atomic E-state index is -0.743. The molecule has 0 saturated heterocycles. The number of hydrogen-bond acceptors (Lipinski definition) is 5. The first-order valence-corrected chi connectivity index (χ1v) is 6.40. The van der Waals surface area contributed by atoms with Crippen molar-refractivity contribution in [2.75, 3.05) is 0 Å². The van der Waals surface area contributed by atoms with E-state index in [1.807, 2.05) is 13.8 Å². The van der Waals surface area contributed by atoms with Gasteiger partial charge in [-0.3, -0.25) is 4.79 Å². The average molecular weight is 285 g/mol. The maximum absolute atomic E-state index is 11.0. The van der Waals surface area contributed by atoms with Gasteiger partial charge in [0.1, 0.15) is 23.6 Å². The van der Waals surface area contributed by atoms with Gasteiger partial charge in [-0.15, -0.1) is 0 Å². The molecule has 0 spiro atoms. The number of nitriles is 1. The Balaban J connectivity index is 2.41. The SMILES string of the molecule is CC(C)Oc1ncnc2[nH]cc(CC=C(C#N)C(N)=O)c12. The normalized spacial score (nSPS) is 11.6. The van der Waals surface area contributed by atoms with Gasteiger partial charge in [-0.05, 0) is 25.8 Å². The van der Waals surface area contributed by atoms with Gasteiger partial charge in [0, 0.05) is 6.20 Å². The van der Waals surface area contributed by atoms with Gasteiger partial charge in [0.2, 0.25) is 5.88 Å². The van der Waals surface area contributed by atoms with E-state index >= 15 is 0 Å². The molecule has 108 valence electrons. The van der Waals surface area contributed by atoms with E-state index in [9.17, 15) is 4.79 Å². The second-order valence-corrected chi connectivity index (χ2v) is 4.68. The van der Waals surface area contributed by atoms with E-state index in [4.69, 9.17) is 15.7 Å². The van der Waals surface area contributed by atoms with Crippen molar-refractivity contribution in [3.05, 3.63) is 29.7 Å². The van der Waals surface area contributed by atoms with Crippen molar-refractivity contribution in [1.82, 2.24) is 15.0 Å². The fourth-order valence-corrected chi connectivity index (χ4v) is 1.88.